The van der Waals surface area contributed by atoms with Gasteiger partial charge < -0.3 is 5.73 Å². The minimum Gasteiger partial charge on any atom is -0.325 e. The van der Waals surface area contributed by atoms with E-state index in [4.69, 9.17) is 5.73 Å². The average molecular weight is 186 g/mol. The minimum absolute atomic E-state index is 0.0351. The third-order valence-electron chi connectivity index (χ3n) is 1.97. The van der Waals surface area contributed by atoms with Gasteiger partial charge in [0.2, 0.25) is 0 Å². The number of halogens is 2. The van der Waals surface area contributed by atoms with Gasteiger partial charge in [-0.2, -0.15) is 0 Å². The number of nitrogens with two attached hydrogens (primary N) is 1. The maximum absolute atomic E-state index is 12.5. The monoisotopic (exact) mass is 186 g/mol. The Balaban J connectivity index is 3.27. The molecule has 0 aliphatic heterocycles. The van der Waals surface area contributed by atoms with Crippen LogP contribution in [-0.2, 0) is 6.54 Å². The zero-order chi connectivity index (χ0) is 10.0. The molecule has 72 valence electrons. The van der Waals surface area contributed by atoms with Crippen LogP contribution in [0.25, 0.3) is 0 Å². The van der Waals surface area contributed by atoms with Crippen LogP contribution in [0.15, 0.2) is 6.07 Å². The van der Waals surface area contributed by atoms with Crippen LogP contribution in [0.5, 0.6) is 0 Å². The van der Waals surface area contributed by atoms with E-state index in [-0.39, 0.29) is 12.1 Å². The van der Waals surface area contributed by atoms with Gasteiger partial charge in [0.15, 0.2) is 0 Å². The number of pyridine rings is 1. The highest BCUT2D eigenvalue weighted by Gasteiger charge is 2.14. The van der Waals surface area contributed by atoms with Gasteiger partial charge in [-0.1, -0.05) is 0 Å². The predicted molar refractivity (Wildman–Crippen MR) is 46.6 cm³/mol. The van der Waals surface area contributed by atoms with Crippen molar-refractivity contribution < 1.29 is 8.78 Å². The molecule has 0 amide bonds. The summed E-state index contributed by atoms with van der Waals surface area (Å²) < 4.78 is 24.9. The van der Waals surface area contributed by atoms with E-state index in [2.05, 4.69) is 4.98 Å². The first-order chi connectivity index (χ1) is 6.06. The van der Waals surface area contributed by atoms with Crippen LogP contribution in [0, 0.1) is 13.8 Å². The Hall–Kier alpha value is -1.03. The average Bonchev–Trinajstić information content (AvgIpc) is 2.08. The van der Waals surface area contributed by atoms with E-state index in [1.54, 1.807) is 13.8 Å². The number of aromatic nitrogens is 1. The molecule has 0 aromatic carbocycles. The highest BCUT2D eigenvalue weighted by Crippen LogP contribution is 2.24. The van der Waals surface area contributed by atoms with Crippen LogP contribution in [0.1, 0.15) is 28.9 Å². The summed E-state index contributed by atoms with van der Waals surface area (Å²) in [6.45, 7) is 3.51. The van der Waals surface area contributed by atoms with Crippen molar-refractivity contribution in [1.29, 1.82) is 0 Å². The van der Waals surface area contributed by atoms with Crippen LogP contribution in [0.4, 0.5) is 8.78 Å². The summed E-state index contributed by atoms with van der Waals surface area (Å²) in [5, 5.41) is 0. The zero-order valence-electron chi connectivity index (χ0n) is 7.64. The fourth-order valence-electron chi connectivity index (χ4n) is 1.25. The molecule has 4 heteroatoms. The molecule has 1 aromatic heterocycles. The molecular weight excluding hydrogens is 174 g/mol. The lowest BCUT2D eigenvalue weighted by Crippen LogP contribution is -2.06. The molecule has 1 aromatic rings. The van der Waals surface area contributed by atoms with Gasteiger partial charge in [-0.15, -0.1) is 0 Å². The molecule has 2 nitrogen and oxygen atoms in total. The first-order valence-corrected chi connectivity index (χ1v) is 4.01. The number of aryl methyl sites for hydroxylation is 1. The van der Waals surface area contributed by atoms with Crippen LogP contribution < -0.4 is 5.73 Å². The van der Waals surface area contributed by atoms with E-state index in [9.17, 15) is 8.78 Å². The van der Waals surface area contributed by atoms with Gasteiger partial charge in [0, 0.05) is 17.8 Å². The van der Waals surface area contributed by atoms with Gasteiger partial charge in [0.05, 0.1) is 5.69 Å². The summed E-state index contributed by atoms with van der Waals surface area (Å²) in [5.74, 6) is 0. The summed E-state index contributed by atoms with van der Waals surface area (Å²) in [7, 11) is 0. The largest absolute Gasteiger partial charge is 0.325 e. The van der Waals surface area contributed by atoms with Crippen molar-refractivity contribution in [3.63, 3.8) is 0 Å². The van der Waals surface area contributed by atoms with Gasteiger partial charge >= 0.3 is 0 Å². The number of nitrogens with zero attached hydrogens (tertiary/aromatic N) is 1. The molecular formula is C9H12F2N2. The third kappa shape index (κ3) is 2.01. The lowest BCUT2D eigenvalue weighted by molar-refractivity contribution is 0.150. The first-order valence-electron chi connectivity index (χ1n) is 4.01. The fourth-order valence-corrected chi connectivity index (χ4v) is 1.25. The molecule has 2 N–H and O–H groups in total. The first kappa shape index (κ1) is 10.1. The van der Waals surface area contributed by atoms with Gasteiger partial charge in [-0.05, 0) is 25.5 Å². The van der Waals surface area contributed by atoms with Crippen molar-refractivity contribution in [2.24, 2.45) is 5.73 Å². The number of hydrogen-bond acceptors (Lipinski definition) is 2. The fraction of sp³-hybridized carbons (Fsp3) is 0.444. The molecule has 0 bridgehead atoms. The topological polar surface area (TPSA) is 38.9 Å². The predicted octanol–water partition coefficient (Wildman–Crippen LogP) is 2.09. The maximum Gasteiger partial charge on any atom is 0.264 e. The molecule has 0 fully saturated rings. The van der Waals surface area contributed by atoms with Gasteiger partial charge in [0.25, 0.3) is 6.43 Å². The van der Waals surface area contributed by atoms with Gasteiger partial charge in [-0.25, -0.2) is 8.78 Å². The van der Waals surface area contributed by atoms with Crippen LogP contribution in [0.2, 0.25) is 0 Å². The van der Waals surface area contributed by atoms with Crippen molar-refractivity contribution in [3.8, 4) is 0 Å². The molecule has 1 heterocycles. The Morgan fingerprint density at radius 2 is 2.08 bits per heavy atom. The highest BCUT2D eigenvalue weighted by molar-refractivity contribution is 5.32. The second kappa shape index (κ2) is 3.79. The lowest BCUT2D eigenvalue weighted by atomic mass is 10.1. The molecule has 1 rings (SSSR count). The number of hydrogen-bond donors (Lipinski definition) is 1. The molecule has 0 saturated carbocycles. The van der Waals surface area contributed by atoms with E-state index in [1.807, 2.05) is 0 Å². The summed E-state index contributed by atoms with van der Waals surface area (Å²) in [6.07, 6.45) is -2.45. The van der Waals surface area contributed by atoms with Crippen molar-refractivity contribution >= 4 is 0 Å². The minimum atomic E-state index is -2.45. The van der Waals surface area contributed by atoms with Crippen LogP contribution in [-0.4, -0.2) is 4.98 Å². The van der Waals surface area contributed by atoms with E-state index in [0.717, 1.165) is 0 Å². The standard InChI is InChI=1S/C9H12F2N2/c1-5-3-7(9(10)11)6(2)8(4-12)13-5/h3,9H,4,12H2,1-2H3. The van der Waals surface area contributed by atoms with E-state index in [0.29, 0.717) is 17.0 Å². The molecule has 0 unspecified atom stereocenters. The summed E-state index contributed by atoms with van der Waals surface area (Å²) in [5.41, 5.74) is 7.05. The molecule has 0 saturated heterocycles. The van der Waals surface area contributed by atoms with Crippen molar-refractivity contribution in [1.82, 2.24) is 4.98 Å². The normalized spacial score (nSPS) is 10.9. The Morgan fingerprint density at radius 3 is 2.54 bits per heavy atom. The molecule has 0 aliphatic rings. The second-order valence-corrected chi connectivity index (χ2v) is 2.93. The Morgan fingerprint density at radius 1 is 1.46 bits per heavy atom. The number of alkyl halides is 2. The van der Waals surface area contributed by atoms with Crippen molar-refractivity contribution in [2.45, 2.75) is 26.8 Å². The van der Waals surface area contributed by atoms with Crippen LogP contribution >= 0.6 is 0 Å². The van der Waals surface area contributed by atoms with Gasteiger partial charge in [0.1, 0.15) is 0 Å². The SMILES string of the molecule is Cc1cc(C(F)F)c(C)c(CN)n1. The molecule has 0 radical (unpaired) electrons. The smallest absolute Gasteiger partial charge is 0.264 e. The Bertz CT molecular complexity index is 311. The summed E-state index contributed by atoms with van der Waals surface area (Å²) >= 11 is 0. The van der Waals surface area contributed by atoms with E-state index < -0.39 is 6.43 Å². The molecule has 0 spiro atoms. The lowest BCUT2D eigenvalue weighted by Gasteiger charge is -2.09. The summed E-state index contributed by atoms with van der Waals surface area (Å²) in [6, 6.07) is 1.40. The Labute approximate surface area is 75.8 Å². The second-order valence-electron chi connectivity index (χ2n) is 2.93. The van der Waals surface area contributed by atoms with Gasteiger partial charge in [-0.3, -0.25) is 4.98 Å². The number of rotatable bonds is 2. The van der Waals surface area contributed by atoms with Crippen molar-refractivity contribution in [2.75, 3.05) is 0 Å². The Kier molecular flexibility index (Phi) is 2.93. The van der Waals surface area contributed by atoms with Crippen LogP contribution in [0.3, 0.4) is 0 Å². The maximum atomic E-state index is 12.5. The zero-order valence-corrected chi connectivity index (χ0v) is 7.64. The molecule has 13 heavy (non-hydrogen) atoms. The molecule has 0 atom stereocenters. The third-order valence-corrected chi connectivity index (χ3v) is 1.97. The van der Waals surface area contributed by atoms with E-state index in [1.165, 1.54) is 6.07 Å². The molecule has 0 aliphatic carbocycles. The quantitative estimate of drug-likeness (QED) is 0.768. The van der Waals surface area contributed by atoms with Crippen molar-refractivity contribution in [3.05, 3.63) is 28.6 Å². The highest BCUT2D eigenvalue weighted by atomic mass is 19.3. The van der Waals surface area contributed by atoms with E-state index >= 15 is 0 Å². The summed E-state index contributed by atoms with van der Waals surface area (Å²) in [4.78, 5) is 4.08.